The number of nitrogens with one attached hydrogen (secondary N) is 1. The van der Waals surface area contributed by atoms with Gasteiger partial charge in [0.2, 0.25) is 5.91 Å². The summed E-state index contributed by atoms with van der Waals surface area (Å²) in [7, 11) is 0. The van der Waals surface area contributed by atoms with Crippen molar-refractivity contribution < 1.29 is 14.7 Å². The van der Waals surface area contributed by atoms with Crippen LogP contribution in [0.3, 0.4) is 0 Å². The van der Waals surface area contributed by atoms with Gasteiger partial charge in [0.15, 0.2) is 5.60 Å². The first-order valence-electron chi connectivity index (χ1n) is 8.05. The van der Waals surface area contributed by atoms with E-state index in [-0.39, 0.29) is 18.4 Å². The van der Waals surface area contributed by atoms with Gasteiger partial charge < -0.3 is 15.3 Å². The summed E-state index contributed by atoms with van der Waals surface area (Å²) in [6, 6.07) is 0. The Balaban J connectivity index is 1.77. The Morgan fingerprint density at radius 1 is 1.41 bits per heavy atom. The number of likely N-dealkylation sites (tertiary alicyclic amines) is 1. The van der Waals surface area contributed by atoms with E-state index in [0.717, 1.165) is 26.1 Å². The Labute approximate surface area is 132 Å². The number of hydrogen-bond donors (Lipinski definition) is 2. The first-order chi connectivity index (χ1) is 10.4. The molecule has 2 rings (SSSR count). The number of piperidine rings is 1. The summed E-state index contributed by atoms with van der Waals surface area (Å²) >= 11 is 0. The summed E-state index contributed by atoms with van der Waals surface area (Å²) in [6.45, 7) is 7.55. The van der Waals surface area contributed by atoms with Gasteiger partial charge in [-0.25, -0.2) is 0 Å². The van der Waals surface area contributed by atoms with Crippen LogP contribution in [0.5, 0.6) is 0 Å². The maximum atomic E-state index is 12.3. The van der Waals surface area contributed by atoms with Crippen molar-refractivity contribution in [3.05, 3.63) is 11.6 Å². The van der Waals surface area contributed by atoms with Crippen molar-refractivity contribution in [1.29, 1.82) is 0 Å². The highest BCUT2D eigenvalue weighted by molar-refractivity contribution is 5.86. The van der Waals surface area contributed by atoms with E-state index in [2.05, 4.69) is 23.2 Å². The molecule has 1 saturated heterocycles. The molecule has 2 aliphatic heterocycles. The summed E-state index contributed by atoms with van der Waals surface area (Å²) in [4.78, 5) is 27.5. The lowest BCUT2D eigenvalue weighted by Crippen LogP contribution is -2.58. The Morgan fingerprint density at radius 2 is 2.18 bits per heavy atom. The fourth-order valence-corrected chi connectivity index (χ4v) is 3.00. The van der Waals surface area contributed by atoms with Crippen molar-refractivity contribution in [2.24, 2.45) is 0 Å². The average molecular weight is 309 g/mol. The Hall–Kier alpha value is -1.40. The molecule has 0 radical (unpaired) electrons. The minimum Gasteiger partial charge on any atom is -0.378 e. The van der Waals surface area contributed by atoms with Crippen LogP contribution in [-0.2, 0) is 9.59 Å². The van der Waals surface area contributed by atoms with Gasteiger partial charge in [0.05, 0.1) is 6.54 Å². The molecule has 1 atom stereocenters. The molecule has 124 valence electrons. The third kappa shape index (κ3) is 4.30. The van der Waals surface area contributed by atoms with Crippen molar-refractivity contribution in [2.45, 2.75) is 38.7 Å². The molecule has 2 aliphatic rings. The average Bonchev–Trinajstić information content (AvgIpc) is 2.49. The number of aliphatic hydroxyl groups is 1. The maximum absolute atomic E-state index is 12.3. The van der Waals surface area contributed by atoms with Crippen LogP contribution in [0, 0.1) is 0 Å². The molecule has 0 aromatic heterocycles. The van der Waals surface area contributed by atoms with Gasteiger partial charge in [-0.1, -0.05) is 11.6 Å². The highest BCUT2D eigenvalue weighted by atomic mass is 16.3. The van der Waals surface area contributed by atoms with Crippen molar-refractivity contribution in [3.63, 3.8) is 0 Å². The van der Waals surface area contributed by atoms with Gasteiger partial charge in [-0.3, -0.25) is 14.5 Å². The second kappa shape index (κ2) is 7.24. The fourth-order valence-electron chi connectivity index (χ4n) is 3.00. The fraction of sp³-hybridized carbons (Fsp3) is 0.750. The van der Waals surface area contributed by atoms with E-state index in [1.165, 1.54) is 12.5 Å². The van der Waals surface area contributed by atoms with E-state index in [0.29, 0.717) is 25.9 Å². The number of rotatable bonds is 4. The van der Waals surface area contributed by atoms with Gasteiger partial charge >= 0.3 is 0 Å². The second-order valence-corrected chi connectivity index (χ2v) is 6.43. The summed E-state index contributed by atoms with van der Waals surface area (Å²) in [6.07, 6.45) is 4.35. The smallest absolute Gasteiger partial charge is 0.253 e. The first kappa shape index (κ1) is 17.0. The third-order valence-electron chi connectivity index (χ3n) is 4.57. The molecular formula is C16H27N3O3. The van der Waals surface area contributed by atoms with E-state index in [1.807, 2.05) is 0 Å². The number of nitrogens with zero attached hydrogens (tertiary/aromatic N) is 2. The van der Waals surface area contributed by atoms with Gasteiger partial charge in [0.1, 0.15) is 0 Å². The largest absolute Gasteiger partial charge is 0.378 e. The van der Waals surface area contributed by atoms with E-state index >= 15 is 0 Å². The molecule has 0 aromatic carbocycles. The van der Waals surface area contributed by atoms with Crippen molar-refractivity contribution >= 4 is 11.8 Å². The zero-order valence-electron chi connectivity index (χ0n) is 13.6. The first-order valence-corrected chi connectivity index (χ1v) is 8.05. The molecule has 2 amide bonds. The molecule has 0 unspecified atom stereocenters. The number of hydrogen-bond acceptors (Lipinski definition) is 4. The lowest BCUT2D eigenvalue weighted by molar-refractivity contribution is -0.150. The molecule has 0 bridgehead atoms. The second-order valence-electron chi connectivity index (χ2n) is 6.43. The minimum absolute atomic E-state index is 0.0959. The summed E-state index contributed by atoms with van der Waals surface area (Å²) in [5, 5.41) is 13.3. The molecular weight excluding hydrogens is 282 g/mol. The third-order valence-corrected chi connectivity index (χ3v) is 4.57. The molecule has 2 heterocycles. The Bertz CT molecular complexity index is 464. The molecule has 6 heteroatoms. The number of β-amino-alcohol motifs (C(OH)–C–C–N with tert-alkyl or cyclic N) is 1. The zero-order chi connectivity index (χ0) is 16.2. The molecule has 2 N–H and O–H groups in total. The highest BCUT2D eigenvalue weighted by Crippen LogP contribution is 2.21. The van der Waals surface area contributed by atoms with Gasteiger partial charge in [0.25, 0.3) is 5.91 Å². The number of carbonyl (C=O) groups is 2. The summed E-state index contributed by atoms with van der Waals surface area (Å²) in [5.74, 6) is -0.455. The molecule has 1 fully saturated rings. The molecule has 0 aliphatic carbocycles. The van der Waals surface area contributed by atoms with Crippen LogP contribution in [0.4, 0.5) is 0 Å². The van der Waals surface area contributed by atoms with Crippen molar-refractivity contribution in [1.82, 2.24) is 15.1 Å². The molecule has 6 nitrogen and oxygen atoms in total. The van der Waals surface area contributed by atoms with E-state index < -0.39 is 5.60 Å². The molecule has 0 aromatic rings. The van der Waals surface area contributed by atoms with Crippen LogP contribution < -0.4 is 5.32 Å². The van der Waals surface area contributed by atoms with Gasteiger partial charge in [0, 0.05) is 39.6 Å². The summed E-state index contributed by atoms with van der Waals surface area (Å²) in [5.41, 5.74) is -0.0244. The lowest BCUT2D eigenvalue weighted by Gasteiger charge is -2.37. The standard InChI is InChI=1S/C16H27N3O3/c1-13-4-9-18(10-5-13)11-7-17-15(21)16(22)6-3-8-19(12-16)14(2)20/h4,22H,3,5-12H2,1-2H3,(H,17,21)/t16-/m0/s1. The van der Waals surface area contributed by atoms with Crippen LogP contribution in [0.25, 0.3) is 0 Å². The van der Waals surface area contributed by atoms with Gasteiger partial charge in [-0.05, 0) is 26.2 Å². The SMILES string of the molecule is CC(=O)N1CCC[C@@](O)(C(=O)NCCN2CC=C(C)CC2)C1. The number of amides is 2. The number of carbonyl (C=O) groups excluding carboxylic acids is 2. The van der Waals surface area contributed by atoms with E-state index in [4.69, 9.17) is 0 Å². The molecule has 22 heavy (non-hydrogen) atoms. The lowest BCUT2D eigenvalue weighted by atomic mass is 9.92. The van der Waals surface area contributed by atoms with E-state index in [1.54, 1.807) is 4.90 Å². The van der Waals surface area contributed by atoms with Crippen LogP contribution in [0.2, 0.25) is 0 Å². The van der Waals surface area contributed by atoms with Gasteiger partial charge in [-0.15, -0.1) is 0 Å². The molecule has 0 saturated carbocycles. The normalized spacial score (nSPS) is 26.5. The van der Waals surface area contributed by atoms with Gasteiger partial charge in [-0.2, -0.15) is 0 Å². The summed E-state index contributed by atoms with van der Waals surface area (Å²) < 4.78 is 0. The van der Waals surface area contributed by atoms with Crippen LogP contribution in [0.1, 0.15) is 33.1 Å². The van der Waals surface area contributed by atoms with Crippen LogP contribution in [0.15, 0.2) is 11.6 Å². The molecule has 0 spiro atoms. The van der Waals surface area contributed by atoms with Crippen LogP contribution >= 0.6 is 0 Å². The zero-order valence-corrected chi connectivity index (χ0v) is 13.6. The maximum Gasteiger partial charge on any atom is 0.253 e. The monoisotopic (exact) mass is 309 g/mol. The minimum atomic E-state index is -1.44. The van der Waals surface area contributed by atoms with E-state index in [9.17, 15) is 14.7 Å². The Kier molecular flexibility index (Phi) is 5.58. The quantitative estimate of drug-likeness (QED) is 0.724. The predicted octanol–water partition coefficient (Wildman–Crippen LogP) is 0.128. The van der Waals surface area contributed by atoms with Crippen molar-refractivity contribution in [3.8, 4) is 0 Å². The highest BCUT2D eigenvalue weighted by Gasteiger charge is 2.40. The predicted molar refractivity (Wildman–Crippen MR) is 84.3 cm³/mol. The van der Waals surface area contributed by atoms with Crippen LogP contribution in [-0.4, -0.2) is 71.6 Å². The Morgan fingerprint density at radius 3 is 2.82 bits per heavy atom. The van der Waals surface area contributed by atoms with Crippen molar-refractivity contribution in [2.75, 3.05) is 39.3 Å². The topological polar surface area (TPSA) is 72.9 Å².